The summed E-state index contributed by atoms with van der Waals surface area (Å²) in [4.78, 5) is 16.1. The van der Waals surface area contributed by atoms with E-state index in [1.165, 1.54) is 23.4 Å². The molecule has 1 heterocycles. The Bertz CT molecular complexity index is 1090. The summed E-state index contributed by atoms with van der Waals surface area (Å²) in [6.07, 6.45) is 3.18. The molecule has 3 unspecified atom stereocenters. The Morgan fingerprint density at radius 1 is 1.15 bits per heavy atom. The number of rotatable bonds is 6. The van der Waals surface area contributed by atoms with E-state index in [1.54, 1.807) is 38.0 Å². The number of methoxy groups -OCH3 is 1. The summed E-state index contributed by atoms with van der Waals surface area (Å²) in [5.41, 5.74) is 2.66. The Labute approximate surface area is 192 Å². The van der Waals surface area contributed by atoms with E-state index in [1.807, 2.05) is 25.2 Å². The minimum absolute atomic E-state index is 0.0408. The summed E-state index contributed by atoms with van der Waals surface area (Å²) in [6, 6.07) is 12.1. The molecule has 1 N–H and O–H groups in total. The maximum absolute atomic E-state index is 13.7. The predicted molar refractivity (Wildman–Crippen MR) is 122 cm³/mol. The highest BCUT2D eigenvalue weighted by Crippen LogP contribution is 2.42. The van der Waals surface area contributed by atoms with Crippen LogP contribution in [-0.2, 0) is 0 Å². The van der Waals surface area contributed by atoms with Gasteiger partial charge in [-0.25, -0.2) is 13.9 Å². The van der Waals surface area contributed by atoms with E-state index >= 15 is 0 Å². The number of carbonyl (C=O) groups is 1. The second kappa shape index (κ2) is 9.43. The number of amides is 2. The fourth-order valence-corrected chi connectivity index (χ4v) is 4.56. The summed E-state index contributed by atoms with van der Waals surface area (Å²) in [6.45, 7) is 0. The summed E-state index contributed by atoms with van der Waals surface area (Å²) in [5.74, 6) is 0.389. The molecule has 0 aliphatic heterocycles. The van der Waals surface area contributed by atoms with E-state index in [4.69, 9.17) is 4.74 Å². The highest BCUT2D eigenvalue weighted by Gasteiger charge is 2.41. The average Bonchev–Trinajstić information content (AvgIpc) is 3.49. The number of nitrogens with one attached hydrogen (secondary N) is 1. The third-order valence-corrected chi connectivity index (χ3v) is 6.24. The minimum atomic E-state index is -0.286. The molecule has 1 aliphatic carbocycles. The monoisotopic (exact) mass is 453 g/mol. The van der Waals surface area contributed by atoms with Gasteiger partial charge in [-0.2, -0.15) is 0 Å². The molecule has 0 radical (unpaired) electrons. The number of nitrogens with zero attached hydrogens (tertiary/aromatic N) is 6. The summed E-state index contributed by atoms with van der Waals surface area (Å²) < 4.78 is 20.9. The van der Waals surface area contributed by atoms with E-state index in [0.717, 1.165) is 29.8 Å². The van der Waals surface area contributed by atoms with E-state index in [0.29, 0.717) is 5.75 Å². The molecule has 1 aliphatic rings. The highest BCUT2D eigenvalue weighted by molar-refractivity contribution is 5.74. The molecule has 0 spiro atoms. The van der Waals surface area contributed by atoms with E-state index < -0.39 is 0 Å². The van der Waals surface area contributed by atoms with Crippen LogP contribution in [0, 0.1) is 5.82 Å². The Morgan fingerprint density at radius 3 is 2.55 bits per heavy atom. The van der Waals surface area contributed by atoms with Crippen molar-refractivity contribution in [2.45, 2.75) is 30.8 Å². The Morgan fingerprint density at radius 2 is 1.91 bits per heavy atom. The molecule has 0 bridgehead atoms. The quantitative estimate of drug-likeness (QED) is 0.618. The van der Waals surface area contributed by atoms with Crippen molar-refractivity contribution in [3.8, 4) is 11.4 Å². The number of benzene rings is 2. The number of urea groups is 1. The van der Waals surface area contributed by atoms with Gasteiger partial charge >= 0.3 is 6.03 Å². The van der Waals surface area contributed by atoms with Crippen molar-refractivity contribution in [3.05, 3.63) is 60.2 Å². The lowest BCUT2D eigenvalue weighted by Crippen LogP contribution is -2.45. The van der Waals surface area contributed by atoms with Gasteiger partial charge in [0.25, 0.3) is 0 Å². The van der Waals surface area contributed by atoms with Crippen LogP contribution < -0.4 is 15.0 Å². The molecule has 3 aromatic rings. The molecule has 10 heteroatoms. The topological polar surface area (TPSA) is 88.4 Å². The zero-order valence-electron chi connectivity index (χ0n) is 19.1. The van der Waals surface area contributed by atoms with Crippen molar-refractivity contribution in [2.75, 3.05) is 33.2 Å². The number of hydrogen-bond acceptors (Lipinski definition) is 6. The van der Waals surface area contributed by atoms with Gasteiger partial charge in [-0.15, -0.1) is 5.10 Å². The molecular formula is C23H28FN7O2. The largest absolute Gasteiger partial charge is 0.495 e. The number of carbonyl (C=O) groups excluding carboxylic acids is 1. The fourth-order valence-electron chi connectivity index (χ4n) is 4.56. The first-order valence-electron chi connectivity index (χ1n) is 10.8. The number of aromatic nitrogens is 4. The van der Waals surface area contributed by atoms with Crippen molar-refractivity contribution in [1.29, 1.82) is 0 Å². The second-order valence-electron chi connectivity index (χ2n) is 8.39. The summed E-state index contributed by atoms with van der Waals surface area (Å²) >= 11 is 0. The van der Waals surface area contributed by atoms with Crippen LogP contribution in [0.15, 0.2) is 48.8 Å². The van der Waals surface area contributed by atoms with E-state index in [9.17, 15) is 9.18 Å². The van der Waals surface area contributed by atoms with Crippen molar-refractivity contribution in [2.24, 2.45) is 0 Å². The maximum Gasteiger partial charge on any atom is 0.317 e. The third kappa shape index (κ3) is 4.59. The zero-order chi connectivity index (χ0) is 23.5. The van der Waals surface area contributed by atoms with Crippen LogP contribution in [0.25, 0.3) is 5.69 Å². The highest BCUT2D eigenvalue weighted by atomic mass is 19.1. The van der Waals surface area contributed by atoms with Gasteiger partial charge in [0.1, 0.15) is 17.9 Å². The van der Waals surface area contributed by atoms with Crippen LogP contribution in [0.5, 0.6) is 5.75 Å². The zero-order valence-corrected chi connectivity index (χ0v) is 19.1. The normalized spacial score (nSPS) is 19.8. The molecular weight excluding hydrogens is 425 g/mol. The van der Waals surface area contributed by atoms with Crippen molar-refractivity contribution < 1.29 is 13.9 Å². The van der Waals surface area contributed by atoms with Crippen molar-refractivity contribution in [1.82, 2.24) is 30.4 Å². The Balaban J connectivity index is 1.70. The summed E-state index contributed by atoms with van der Waals surface area (Å²) in [7, 11) is 7.08. The van der Waals surface area contributed by atoms with Gasteiger partial charge in [-0.1, -0.05) is 12.1 Å². The first-order valence-corrected chi connectivity index (χ1v) is 10.8. The second-order valence-corrected chi connectivity index (χ2v) is 8.39. The molecule has 33 heavy (non-hydrogen) atoms. The lowest BCUT2D eigenvalue weighted by atomic mass is 9.90. The Hall–Kier alpha value is -3.69. The molecule has 2 aromatic carbocycles. The maximum atomic E-state index is 13.7. The minimum Gasteiger partial charge on any atom is -0.495 e. The molecule has 1 aromatic heterocycles. The van der Waals surface area contributed by atoms with Gasteiger partial charge in [0.2, 0.25) is 0 Å². The first kappa shape index (κ1) is 22.5. The van der Waals surface area contributed by atoms with Crippen LogP contribution in [0.4, 0.5) is 14.9 Å². The van der Waals surface area contributed by atoms with Crippen LogP contribution in [-0.4, -0.2) is 71.5 Å². The van der Waals surface area contributed by atoms with Crippen LogP contribution >= 0.6 is 0 Å². The predicted octanol–water partition coefficient (Wildman–Crippen LogP) is 2.83. The molecule has 0 saturated heterocycles. The lowest BCUT2D eigenvalue weighted by Gasteiger charge is -2.35. The number of ether oxygens (including phenoxy) is 1. The van der Waals surface area contributed by atoms with Gasteiger partial charge in [-0.05, 0) is 59.2 Å². The van der Waals surface area contributed by atoms with Crippen molar-refractivity contribution >= 4 is 11.7 Å². The molecule has 3 atom stereocenters. The van der Waals surface area contributed by atoms with Crippen molar-refractivity contribution in [3.63, 3.8) is 0 Å². The van der Waals surface area contributed by atoms with Gasteiger partial charge in [0.15, 0.2) is 0 Å². The first-order chi connectivity index (χ1) is 15.9. The van der Waals surface area contributed by atoms with Crippen LogP contribution in [0.3, 0.4) is 0 Å². The van der Waals surface area contributed by atoms with Gasteiger partial charge in [-0.3, -0.25) is 0 Å². The molecule has 9 nitrogen and oxygen atoms in total. The van der Waals surface area contributed by atoms with Crippen LogP contribution in [0.1, 0.15) is 24.3 Å². The smallest absolute Gasteiger partial charge is 0.317 e. The third-order valence-electron chi connectivity index (χ3n) is 6.24. The van der Waals surface area contributed by atoms with Gasteiger partial charge in [0.05, 0.1) is 18.5 Å². The van der Waals surface area contributed by atoms with Crippen LogP contribution in [0.2, 0.25) is 0 Å². The van der Waals surface area contributed by atoms with Gasteiger partial charge in [0, 0.05) is 39.1 Å². The standard InChI is InChI=1S/C23H28FN7O2/c1-29(2)23(32)26-18-10-11-19(22(18)15-5-7-16(24)8-6-15)30(3)20-13-17(9-12-21(20)33-4)31-14-25-27-28-31/h5-9,12-14,18-19,22H,10-11H2,1-4H3,(H,26,32). The number of halogens is 1. The number of tetrazole rings is 1. The Kier molecular flexibility index (Phi) is 6.43. The van der Waals surface area contributed by atoms with Gasteiger partial charge < -0.3 is 19.9 Å². The van der Waals surface area contributed by atoms with E-state index in [-0.39, 0.29) is 29.8 Å². The fraction of sp³-hybridized carbons (Fsp3) is 0.391. The summed E-state index contributed by atoms with van der Waals surface area (Å²) in [5, 5.41) is 14.6. The molecule has 174 valence electrons. The molecule has 2 amide bonds. The number of anilines is 1. The number of hydrogen-bond donors (Lipinski definition) is 1. The number of likely N-dealkylation sites (N-methyl/N-ethyl adjacent to an activating group) is 1. The SMILES string of the molecule is COc1ccc(-n2cnnn2)cc1N(C)C1CCC(NC(=O)N(C)C)C1c1ccc(F)cc1. The molecule has 1 saturated carbocycles. The average molecular weight is 454 g/mol. The van der Waals surface area contributed by atoms with E-state index in [2.05, 4.69) is 25.7 Å². The molecule has 1 fully saturated rings. The lowest BCUT2D eigenvalue weighted by molar-refractivity contribution is 0.212. The molecule has 4 rings (SSSR count).